The van der Waals surface area contributed by atoms with Crippen LogP contribution in [-0.2, 0) is 16.1 Å². The lowest BCUT2D eigenvalue weighted by Gasteiger charge is -2.26. The van der Waals surface area contributed by atoms with Crippen molar-refractivity contribution in [1.82, 2.24) is 15.1 Å². The van der Waals surface area contributed by atoms with Crippen LogP contribution in [0.2, 0.25) is 0 Å². The third kappa shape index (κ3) is 3.16. The molecule has 0 aliphatic carbocycles. The molecule has 0 saturated carbocycles. The van der Waals surface area contributed by atoms with Gasteiger partial charge in [-0.15, -0.1) is 0 Å². The second kappa shape index (κ2) is 6.04. The first-order chi connectivity index (χ1) is 9.55. The van der Waals surface area contributed by atoms with Gasteiger partial charge in [0.2, 0.25) is 11.8 Å². The Hall–Kier alpha value is -1.89. The van der Waals surface area contributed by atoms with Gasteiger partial charge in [0.25, 0.3) is 0 Å². The molecular formula is C13H21N5O2. The van der Waals surface area contributed by atoms with Crippen molar-refractivity contribution < 1.29 is 9.59 Å². The van der Waals surface area contributed by atoms with Gasteiger partial charge in [-0.3, -0.25) is 14.3 Å². The lowest BCUT2D eigenvalue weighted by atomic mass is 9.93. The van der Waals surface area contributed by atoms with Crippen LogP contribution in [0.3, 0.4) is 0 Å². The van der Waals surface area contributed by atoms with Crippen LogP contribution in [0.4, 0.5) is 5.82 Å². The number of hydrogen-bond donors (Lipinski definition) is 3. The van der Waals surface area contributed by atoms with E-state index in [-0.39, 0.29) is 18.2 Å². The van der Waals surface area contributed by atoms with Crippen molar-refractivity contribution in [3.8, 4) is 0 Å². The molecule has 0 spiro atoms. The molecule has 4 N–H and O–H groups in total. The van der Waals surface area contributed by atoms with Gasteiger partial charge in [-0.2, -0.15) is 5.10 Å². The minimum Gasteiger partial charge on any atom is -0.370 e. The lowest BCUT2D eigenvalue weighted by molar-refractivity contribution is -0.122. The molecule has 7 heteroatoms. The standard InChI is InChI=1S/C13H21N5O2/c1-2-13(6-3-7-15-13)12(20)16-11-5-9-18(17-11)8-4-10(14)19/h5,9,15H,2-4,6-8H2,1H3,(H2,14,19)(H,16,17,20). The summed E-state index contributed by atoms with van der Waals surface area (Å²) in [5.41, 5.74) is 4.61. The molecule has 0 bridgehead atoms. The van der Waals surface area contributed by atoms with Crippen LogP contribution in [0.1, 0.15) is 32.6 Å². The molecule has 2 heterocycles. The second-order valence-corrected chi connectivity index (χ2v) is 5.10. The lowest BCUT2D eigenvalue weighted by Crippen LogP contribution is -2.50. The fraction of sp³-hybridized carbons (Fsp3) is 0.615. The maximum Gasteiger partial charge on any atom is 0.245 e. The summed E-state index contributed by atoms with van der Waals surface area (Å²) in [5, 5.41) is 10.3. The highest BCUT2D eigenvalue weighted by atomic mass is 16.2. The molecule has 1 aliphatic rings. The Morgan fingerprint density at radius 2 is 2.40 bits per heavy atom. The Morgan fingerprint density at radius 1 is 1.60 bits per heavy atom. The average Bonchev–Trinajstić information content (AvgIpc) is 3.05. The number of aromatic nitrogens is 2. The van der Waals surface area contributed by atoms with Gasteiger partial charge in [-0.05, 0) is 25.8 Å². The SMILES string of the molecule is CCC1(C(=O)Nc2ccn(CCC(N)=O)n2)CCCN1. The zero-order valence-electron chi connectivity index (χ0n) is 11.7. The number of amides is 2. The highest BCUT2D eigenvalue weighted by molar-refractivity contribution is 5.97. The number of nitrogens with one attached hydrogen (secondary N) is 2. The fourth-order valence-corrected chi connectivity index (χ4v) is 2.48. The summed E-state index contributed by atoms with van der Waals surface area (Å²) in [6.45, 7) is 3.29. The molecule has 1 aromatic heterocycles. The van der Waals surface area contributed by atoms with E-state index in [4.69, 9.17) is 5.73 Å². The molecule has 1 atom stereocenters. The number of carbonyl (C=O) groups excluding carboxylic acids is 2. The van der Waals surface area contributed by atoms with Gasteiger partial charge in [0, 0.05) is 25.2 Å². The summed E-state index contributed by atoms with van der Waals surface area (Å²) >= 11 is 0. The largest absolute Gasteiger partial charge is 0.370 e. The van der Waals surface area contributed by atoms with Crippen molar-refractivity contribution in [1.29, 1.82) is 0 Å². The maximum absolute atomic E-state index is 12.3. The van der Waals surface area contributed by atoms with Gasteiger partial charge in [0.1, 0.15) is 0 Å². The molecule has 110 valence electrons. The molecule has 7 nitrogen and oxygen atoms in total. The van der Waals surface area contributed by atoms with Crippen LogP contribution < -0.4 is 16.4 Å². The summed E-state index contributed by atoms with van der Waals surface area (Å²) in [5.74, 6) is 0.0878. The Balaban J connectivity index is 1.96. The number of carbonyl (C=O) groups is 2. The van der Waals surface area contributed by atoms with Gasteiger partial charge in [-0.25, -0.2) is 0 Å². The first-order valence-corrected chi connectivity index (χ1v) is 6.94. The van der Waals surface area contributed by atoms with Crippen LogP contribution in [-0.4, -0.2) is 33.7 Å². The van der Waals surface area contributed by atoms with Gasteiger partial charge in [0.15, 0.2) is 5.82 Å². The Bertz CT molecular complexity index is 491. The van der Waals surface area contributed by atoms with E-state index in [1.807, 2.05) is 6.92 Å². The minimum absolute atomic E-state index is 0.0438. The van der Waals surface area contributed by atoms with Crippen molar-refractivity contribution in [2.24, 2.45) is 5.73 Å². The van der Waals surface area contributed by atoms with Gasteiger partial charge in [-0.1, -0.05) is 6.92 Å². The smallest absolute Gasteiger partial charge is 0.245 e. The number of nitrogens with two attached hydrogens (primary N) is 1. The first kappa shape index (κ1) is 14.5. The quantitative estimate of drug-likeness (QED) is 0.693. The number of rotatable bonds is 6. The molecule has 2 rings (SSSR count). The number of nitrogens with zero attached hydrogens (tertiary/aromatic N) is 2. The molecule has 2 amide bonds. The highest BCUT2D eigenvalue weighted by Crippen LogP contribution is 2.24. The maximum atomic E-state index is 12.3. The minimum atomic E-state index is -0.475. The summed E-state index contributed by atoms with van der Waals surface area (Å²) < 4.78 is 1.60. The van der Waals surface area contributed by atoms with E-state index in [1.54, 1.807) is 16.9 Å². The van der Waals surface area contributed by atoms with Crippen molar-refractivity contribution in [2.45, 2.75) is 44.7 Å². The predicted molar refractivity (Wildman–Crippen MR) is 74.9 cm³/mol. The number of primary amides is 1. The zero-order chi connectivity index (χ0) is 14.6. The average molecular weight is 279 g/mol. The second-order valence-electron chi connectivity index (χ2n) is 5.10. The molecule has 0 aromatic carbocycles. The number of hydrogen-bond acceptors (Lipinski definition) is 4. The van der Waals surface area contributed by atoms with Crippen LogP contribution in [0, 0.1) is 0 Å². The summed E-state index contributed by atoms with van der Waals surface area (Å²) in [6, 6.07) is 1.72. The van der Waals surface area contributed by atoms with Gasteiger partial charge < -0.3 is 16.4 Å². The van der Waals surface area contributed by atoms with E-state index < -0.39 is 5.54 Å². The third-order valence-corrected chi connectivity index (χ3v) is 3.75. The Morgan fingerprint density at radius 3 is 3.00 bits per heavy atom. The molecular weight excluding hydrogens is 258 g/mol. The number of aryl methyl sites for hydroxylation is 1. The Kier molecular flexibility index (Phi) is 4.39. The summed E-state index contributed by atoms with van der Waals surface area (Å²) in [6.07, 6.45) is 4.56. The molecule has 1 saturated heterocycles. The topological polar surface area (TPSA) is 102 Å². The zero-order valence-corrected chi connectivity index (χ0v) is 11.7. The number of anilines is 1. The van der Waals surface area contributed by atoms with Crippen molar-refractivity contribution in [2.75, 3.05) is 11.9 Å². The van der Waals surface area contributed by atoms with E-state index in [2.05, 4.69) is 15.7 Å². The monoisotopic (exact) mass is 279 g/mol. The highest BCUT2D eigenvalue weighted by Gasteiger charge is 2.39. The van der Waals surface area contributed by atoms with Crippen LogP contribution in [0.15, 0.2) is 12.3 Å². The summed E-state index contributed by atoms with van der Waals surface area (Å²) in [7, 11) is 0. The summed E-state index contributed by atoms with van der Waals surface area (Å²) in [4.78, 5) is 23.1. The molecule has 1 aromatic rings. The normalized spacial score (nSPS) is 21.9. The van der Waals surface area contributed by atoms with Gasteiger partial charge in [0.05, 0.1) is 5.54 Å². The van der Waals surface area contributed by atoms with Crippen LogP contribution in [0.5, 0.6) is 0 Å². The molecule has 20 heavy (non-hydrogen) atoms. The first-order valence-electron chi connectivity index (χ1n) is 6.94. The Labute approximate surface area is 117 Å². The van der Waals surface area contributed by atoms with E-state index in [1.165, 1.54) is 0 Å². The molecule has 1 aliphatic heterocycles. The van der Waals surface area contributed by atoms with Crippen molar-refractivity contribution >= 4 is 17.6 Å². The van der Waals surface area contributed by atoms with Crippen molar-refractivity contribution in [3.05, 3.63) is 12.3 Å². The van der Waals surface area contributed by atoms with E-state index >= 15 is 0 Å². The van der Waals surface area contributed by atoms with Crippen molar-refractivity contribution in [3.63, 3.8) is 0 Å². The van der Waals surface area contributed by atoms with Crippen LogP contribution in [0.25, 0.3) is 0 Å². The van der Waals surface area contributed by atoms with Crippen LogP contribution >= 0.6 is 0 Å². The predicted octanol–water partition coefficient (Wildman–Crippen LogP) is 0.229. The molecule has 1 fully saturated rings. The van der Waals surface area contributed by atoms with E-state index in [0.29, 0.717) is 12.4 Å². The fourth-order valence-electron chi connectivity index (χ4n) is 2.48. The molecule has 1 unspecified atom stereocenters. The van der Waals surface area contributed by atoms with E-state index in [0.717, 1.165) is 25.8 Å². The third-order valence-electron chi connectivity index (χ3n) is 3.75. The van der Waals surface area contributed by atoms with Gasteiger partial charge >= 0.3 is 0 Å². The van der Waals surface area contributed by atoms with E-state index in [9.17, 15) is 9.59 Å². The molecule has 0 radical (unpaired) electrons.